The van der Waals surface area contributed by atoms with Crippen molar-refractivity contribution in [2.45, 2.75) is 20.4 Å². The third-order valence-corrected chi connectivity index (χ3v) is 6.52. The molecule has 4 aromatic heterocycles. The van der Waals surface area contributed by atoms with E-state index in [1.807, 2.05) is 31.2 Å². The van der Waals surface area contributed by atoms with Crippen LogP contribution in [0.5, 0.6) is 5.75 Å². The molecule has 0 saturated carbocycles. The molecule has 190 valence electrons. The highest BCUT2D eigenvalue weighted by molar-refractivity contribution is 5.98. The first-order chi connectivity index (χ1) is 18.2. The maximum Gasteiger partial charge on any atom is 0.284 e. The van der Waals surface area contributed by atoms with Crippen LogP contribution in [0.4, 0.5) is 10.2 Å². The van der Waals surface area contributed by atoms with Crippen molar-refractivity contribution in [3.63, 3.8) is 0 Å². The molecule has 2 aromatic carbocycles. The highest BCUT2D eigenvalue weighted by Crippen LogP contribution is 2.32. The summed E-state index contributed by atoms with van der Waals surface area (Å²) in [7, 11) is 1.71. The van der Waals surface area contributed by atoms with Crippen LogP contribution < -0.4 is 11.3 Å². The minimum atomic E-state index is -0.798. The van der Waals surface area contributed by atoms with E-state index in [0.717, 1.165) is 5.56 Å². The number of hydrogen-bond donors (Lipinski definition) is 2. The van der Waals surface area contributed by atoms with Gasteiger partial charge >= 0.3 is 0 Å². The Balaban J connectivity index is 1.63. The van der Waals surface area contributed by atoms with Crippen LogP contribution in [0.1, 0.15) is 17.1 Å². The molecular weight excluding hydrogens is 489 g/mol. The number of nitrogens with zero attached hydrogens (tertiary/aromatic N) is 8. The molecule has 6 rings (SSSR count). The molecule has 38 heavy (non-hydrogen) atoms. The molecule has 12 heteroatoms. The predicted octanol–water partition coefficient (Wildman–Crippen LogP) is 3.02. The van der Waals surface area contributed by atoms with Crippen molar-refractivity contribution in [3.05, 3.63) is 82.0 Å². The number of phenols is 1. The molecule has 0 spiro atoms. The summed E-state index contributed by atoms with van der Waals surface area (Å²) in [6.07, 6.45) is 1.31. The monoisotopic (exact) mass is 511 g/mol. The summed E-state index contributed by atoms with van der Waals surface area (Å²) in [4.78, 5) is 27.2. The Morgan fingerprint density at radius 2 is 1.87 bits per heavy atom. The fourth-order valence-corrected chi connectivity index (χ4v) is 4.72. The molecule has 0 amide bonds. The van der Waals surface area contributed by atoms with Crippen LogP contribution in [0.25, 0.3) is 39.0 Å². The number of halogens is 1. The number of para-hydroxylation sites is 1. The van der Waals surface area contributed by atoms with Crippen molar-refractivity contribution < 1.29 is 9.50 Å². The van der Waals surface area contributed by atoms with Crippen molar-refractivity contribution >= 4 is 27.9 Å². The standard InChI is InChI=1S/C26H22FN9O2/c1-13-6-4-5-7-17(13)36-19(31-21-14(2)32-34(3)23(21)26(36)38)11-35-25-20(24(28)29-12-30-25)22(33-35)15-8-9-18(37)16(27)10-15/h4-10,12,37H,11H2,1-3H3,(H2,28,29,30). The van der Waals surface area contributed by atoms with Gasteiger partial charge in [-0.3, -0.25) is 14.0 Å². The number of benzene rings is 2. The lowest BCUT2D eigenvalue weighted by molar-refractivity contribution is 0.432. The van der Waals surface area contributed by atoms with E-state index in [9.17, 15) is 14.3 Å². The SMILES string of the molecule is Cc1ccccc1-n1c(Cn2nc(-c3ccc(O)c(F)c3)c3c(N)ncnc32)nc2c(C)nn(C)c2c1=O. The minimum absolute atomic E-state index is 0.0430. The highest BCUT2D eigenvalue weighted by Gasteiger charge is 2.23. The summed E-state index contributed by atoms with van der Waals surface area (Å²) in [6, 6.07) is 11.5. The van der Waals surface area contributed by atoms with E-state index in [1.54, 1.807) is 23.2 Å². The highest BCUT2D eigenvalue weighted by atomic mass is 19.1. The van der Waals surface area contributed by atoms with Crippen LogP contribution >= 0.6 is 0 Å². The van der Waals surface area contributed by atoms with Gasteiger partial charge < -0.3 is 10.8 Å². The first-order valence-corrected chi connectivity index (χ1v) is 11.7. The van der Waals surface area contributed by atoms with Gasteiger partial charge in [-0.05, 0) is 43.7 Å². The van der Waals surface area contributed by atoms with Gasteiger partial charge in [0.25, 0.3) is 5.56 Å². The third kappa shape index (κ3) is 3.49. The summed E-state index contributed by atoms with van der Waals surface area (Å²) < 4.78 is 18.9. The number of hydrogen-bond acceptors (Lipinski definition) is 8. The average molecular weight is 512 g/mol. The number of rotatable bonds is 4. The van der Waals surface area contributed by atoms with Gasteiger partial charge in [-0.15, -0.1) is 0 Å². The summed E-state index contributed by atoms with van der Waals surface area (Å²) in [5.74, 6) is -0.716. The number of aromatic hydroxyl groups is 1. The second-order valence-electron chi connectivity index (χ2n) is 8.99. The minimum Gasteiger partial charge on any atom is -0.505 e. The lowest BCUT2D eigenvalue weighted by atomic mass is 10.1. The Hall–Kier alpha value is -5.13. The zero-order valence-corrected chi connectivity index (χ0v) is 20.7. The van der Waals surface area contributed by atoms with E-state index >= 15 is 0 Å². The van der Waals surface area contributed by atoms with Crippen molar-refractivity contribution in [3.8, 4) is 22.7 Å². The van der Waals surface area contributed by atoms with E-state index < -0.39 is 11.6 Å². The molecule has 0 atom stereocenters. The van der Waals surface area contributed by atoms with Crippen molar-refractivity contribution in [1.82, 2.24) is 39.1 Å². The zero-order chi connectivity index (χ0) is 26.7. The number of nitrogens with two attached hydrogens (primary N) is 1. The molecule has 6 aromatic rings. The number of phenolic OH excluding ortho intramolecular Hbond substituents is 1. The fraction of sp³-hybridized carbons (Fsp3) is 0.154. The molecule has 4 heterocycles. The molecule has 3 N–H and O–H groups in total. The second-order valence-corrected chi connectivity index (χ2v) is 8.99. The summed E-state index contributed by atoms with van der Waals surface area (Å²) in [5.41, 5.74) is 10.1. The fourth-order valence-electron chi connectivity index (χ4n) is 4.72. The van der Waals surface area contributed by atoms with Gasteiger partial charge in [0.15, 0.2) is 22.7 Å². The molecule has 0 aliphatic heterocycles. The number of aryl methyl sites for hydroxylation is 3. The van der Waals surface area contributed by atoms with Gasteiger partial charge in [0.05, 0.1) is 16.8 Å². The number of fused-ring (bicyclic) bond motifs is 2. The van der Waals surface area contributed by atoms with Gasteiger partial charge in [0.2, 0.25) is 0 Å². The Morgan fingerprint density at radius 3 is 2.63 bits per heavy atom. The van der Waals surface area contributed by atoms with Crippen LogP contribution in [0.15, 0.2) is 53.6 Å². The topological polar surface area (TPSA) is 143 Å². The molecular formula is C26H22FN9O2. The van der Waals surface area contributed by atoms with Gasteiger partial charge in [0.1, 0.15) is 35.7 Å². The Bertz CT molecular complexity index is 1960. The number of aromatic nitrogens is 8. The van der Waals surface area contributed by atoms with E-state index in [2.05, 4.69) is 15.1 Å². The number of nitrogen functional groups attached to an aromatic ring is 1. The molecule has 0 saturated heterocycles. The molecule has 0 unspecified atom stereocenters. The zero-order valence-electron chi connectivity index (χ0n) is 20.7. The van der Waals surface area contributed by atoms with Crippen molar-refractivity contribution in [2.75, 3.05) is 5.73 Å². The van der Waals surface area contributed by atoms with Crippen LogP contribution in [0.2, 0.25) is 0 Å². The average Bonchev–Trinajstić information content (AvgIpc) is 3.39. The van der Waals surface area contributed by atoms with E-state index in [0.29, 0.717) is 50.5 Å². The molecule has 11 nitrogen and oxygen atoms in total. The van der Waals surface area contributed by atoms with Gasteiger partial charge in [0, 0.05) is 12.6 Å². The van der Waals surface area contributed by atoms with E-state index in [-0.39, 0.29) is 17.9 Å². The Morgan fingerprint density at radius 1 is 1.08 bits per heavy atom. The van der Waals surface area contributed by atoms with Crippen LogP contribution in [-0.2, 0) is 13.6 Å². The molecule has 0 radical (unpaired) electrons. The first kappa shape index (κ1) is 23.3. The molecule has 0 aliphatic carbocycles. The normalized spacial score (nSPS) is 11.6. The molecule has 0 aliphatic rings. The summed E-state index contributed by atoms with van der Waals surface area (Å²) in [5, 5.41) is 19.2. The van der Waals surface area contributed by atoms with Crippen LogP contribution in [-0.4, -0.2) is 44.2 Å². The van der Waals surface area contributed by atoms with Crippen LogP contribution in [0, 0.1) is 19.7 Å². The summed E-state index contributed by atoms with van der Waals surface area (Å²) in [6.45, 7) is 3.76. The van der Waals surface area contributed by atoms with E-state index in [4.69, 9.17) is 15.8 Å². The molecule has 0 bridgehead atoms. The largest absolute Gasteiger partial charge is 0.505 e. The van der Waals surface area contributed by atoms with E-state index in [1.165, 1.54) is 29.2 Å². The van der Waals surface area contributed by atoms with Crippen molar-refractivity contribution in [1.29, 1.82) is 0 Å². The van der Waals surface area contributed by atoms with Crippen molar-refractivity contribution in [2.24, 2.45) is 7.05 Å². The lowest BCUT2D eigenvalue weighted by Gasteiger charge is -2.15. The quantitative estimate of drug-likeness (QED) is 0.368. The lowest BCUT2D eigenvalue weighted by Crippen LogP contribution is -2.27. The Kier molecular flexibility index (Phi) is 5.19. The first-order valence-electron chi connectivity index (χ1n) is 11.7. The summed E-state index contributed by atoms with van der Waals surface area (Å²) >= 11 is 0. The van der Waals surface area contributed by atoms with Gasteiger partial charge in [-0.25, -0.2) is 24.0 Å². The predicted molar refractivity (Wildman–Crippen MR) is 139 cm³/mol. The number of anilines is 1. The Labute approximate surface area is 214 Å². The second kappa shape index (κ2) is 8.47. The van der Waals surface area contributed by atoms with Gasteiger partial charge in [-0.2, -0.15) is 10.2 Å². The van der Waals surface area contributed by atoms with Gasteiger partial charge in [-0.1, -0.05) is 18.2 Å². The smallest absolute Gasteiger partial charge is 0.284 e. The van der Waals surface area contributed by atoms with Crippen LogP contribution in [0.3, 0.4) is 0 Å². The molecule has 0 fully saturated rings. The maximum absolute atomic E-state index is 14.2. The third-order valence-electron chi connectivity index (χ3n) is 6.52. The maximum atomic E-state index is 14.2.